The molecule has 6 rings (SSSR count). The van der Waals surface area contributed by atoms with Crippen LogP contribution in [0, 0.1) is 11.8 Å². The van der Waals surface area contributed by atoms with Crippen LogP contribution in [0.25, 0.3) is 34.4 Å². The Kier molecular flexibility index (Phi) is 14.2. The molecule has 2 amide bonds. The number of carbonyl (C=O) groups is 2. The molecule has 305 valence electrons. The summed E-state index contributed by atoms with van der Waals surface area (Å²) in [5, 5.41) is 6.65. The second kappa shape index (κ2) is 18.6. The Labute approximate surface area is 356 Å². The first-order valence-electron chi connectivity index (χ1n) is 21.8. The Morgan fingerprint density at radius 3 is 1.33 bits per heavy atom. The molecular weight excluding hydrogens is 834 g/mol. The van der Waals surface area contributed by atoms with Crippen LogP contribution in [0.15, 0.2) is 96.1 Å². The maximum atomic E-state index is 13.8. The topological polar surface area (TPSA) is 58.2 Å². The van der Waals surface area contributed by atoms with Crippen molar-refractivity contribution in [1.82, 2.24) is 10.5 Å². The van der Waals surface area contributed by atoms with Gasteiger partial charge in [0, 0.05) is 0 Å². The average Bonchev–Trinajstić information content (AvgIpc) is 3.76. The van der Waals surface area contributed by atoms with E-state index in [1.165, 1.54) is 44.5 Å². The number of nitrogens with one attached hydrogen (secondary N) is 2. The second-order valence-electron chi connectivity index (χ2n) is 17.4. The number of hydrogen-bond acceptors (Lipinski definition) is 2. The zero-order chi connectivity index (χ0) is 41.8. The molecule has 0 radical (unpaired) electrons. The Hall–Kier alpha value is -3.17. The molecular formula is C50H62BCl2N2O2Zr. The third kappa shape index (κ3) is 8.55. The molecule has 58 heavy (non-hydrogen) atoms. The molecule has 0 heterocycles. The summed E-state index contributed by atoms with van der Waals surface area (Å²) in [5.41, 5.74) is 14.3. The SMILES string of the molecule is CCCc1ccccc1-c1cccc2c1C=C(CC(C)C)[CH]2[Zr]([Cl])([Cl])([B](NC(=O)CC)NC(=O)CC)[CH]1C(CC(C)C)=Cc2c(-c3ccccc3CCC)cccc21. The van der Waals surface area contributed by atoms with Gasteiger partial charge in [-0.1, -0.05) is 0 Å². The van der Waals surface area contributed by atoms with Gasteiger partial charge in [-0.3, -0.25) is 0 Å². The van der Waals surface area contributed by atoms with Crippen LogP contribution >= 0.6 is 17.0 Å². The van der Waals surface area contributed by atoms with Gasteiger partial charge in [-0.15, -0.1) is 0 Å². The molecule has 2 unspecified atom stereocenters. The van der Waals surface area contributed by atoms with Crippen LogP contribution in [0.1, 0.15) is 135 Å². The van der Waals surface area contributed by atoms with E-state index in [4.69, 9.17) is 17.0 Å². The van der Waals surface area contributed by atoms with Gasteiger partial charge in [0.1, 0.15) is 0 Å². The molecule has 2 N–H and O–H groups in total. The summed E-state index contributed by atoms with van der Waals surface area (Å²) in [6.07, 6.45) is 10.8. The number of allylic oxidation sites excluding steroid dienone is 2. The number of rotatable bonds is 17. The second-order valence-corrected chi connectivity index (χ2v) is 38.8. The first-order valence-corrected chi connectivity index (χ1v) is 32.3. The van der Waals surface area contributed by atoms with Crippen molar-refractivity contribution < 1.29 is 25.8 Å². The molecule has 2 aliphatic rings. The molecule has 0 saturated heterocycles. The van der Waals surface area contributed by atoms with Crippen molar-refractivity contribution in [3.05, 3.63) is 129 Å². The molecule has 0 fully saturated rings. The van der Waals surface area contributed by atoms with E-state index in [1.807, 2.05) is 13.8 Å². The summed E-state index contributed by atoms with van der Waals surface area (Å²) in [4.78, 5) is 27.6. The molecule has 4 aromatic carbocycles. The normalized spacial score (nSPS) is 16.7. The number of carbonyl (C=O) groups excluding carboxylic acids is 2. The maximum absolute atomic E-state index is 13.8. The molecule has 0 saturated carbocycles. The first kappa shape index (κ1) is 44.4. The van der Waals surface area contributed by atoms with Crippen molar-refractivity contribution in [2.45, 2.75) is 114 Å². The van der Waals surface area contributed by atoms with Gasteiger partial charge in [0.25, 0.3) is 0 Å². The average molecular weight is 896 g/mol. The number of fused-ring (bicyclic) bond motifs is 2. The van der Waals surface area contributed by atoms with Crippen LogP contribution in [0.3, 0.4) is 0 Å². The molecule has 4 nitrogen and oxygen atoms in total. The van der Waals surface area contributed by atoms with Gasteiger partial charge in [0.05, 0.1) is 0 Å². The van der Waals surface area contributed by atoms with Crippen molar-refractivity contribution in [3.8, 4) is 22.3 Å². The van der Waals surface area contributed by atoms with Crippen LogP contribution in [0.4, 0.5) is 0 Å². The third-order valence-electron chi connectivity index (χ3n) is 12.2. The number of aryl methyl sites for hydroxylation is 2. The molecule has 0 spiro atoms. The van der Waals surface area contributed by atoms with Gasteiger partial charge in [0.2, 0.25) is 0 Å². The molecule has 4 aromatic rings. The van der Waals surface area contributed by atoms with Gasteiger partial charge in [-0.05, 0) is 0 Å². The molecule has 8 heteroatoms. The fraction of sp³-hybridized carbons (Fsp3) is 0.400. The molecule has 2 atom stereocenters. The summed E-state index contributed by atoms with van der Waals surface area (Å²) in [7, 11) is 18.0. The van der Waals surface area contributed by atoms with Crippen molar-refractivity contribution in [2.75, 3.05) is 0 Å². The van der Waals surface area contributed by atoms with E-state index in [1.54, 1.807) is 0 Å². The van der Waals surface area contributed by atoms with Crippen molar-refractivity contribution >= 4 is 45.5 Å². The summed E-state index contributed by atoms with van der Waals surface area (Å²) < 4.78 is -1.75. The van der Waals surface area contributed by atoms with E-state index >= 15 is 0 Å². The predicted molar refractivity (Wildman–Crippen MR) is 246 cm³/mol. The fourth-order valence-corrected chi connectivity index (χ4v) is 30.5. The first-order chi connectivity index (χ1) is 27.8. The van der Waals surface area contributed by atoms with Gasteiger partial charge in [0.15, 0.2) is 0 Å². The number of benzene rings is 4. The van der Waals surface area contributed by atoms with Crippen LogP contribution in [0.2, 0.25) is 0 Å². The van der Waals surface area contributed by atoms with E-state index < -0.39 is 27.9 Å². The summed E-state index contributed by atoms with van der Waals surface area (Å²) in [6.45, 7) is 17.1. The number of halogens is 2. The van der Waals surface area contributed by atoms with E-state index in [2.05, 4.69) is 149 Å². The number of hydrogen-bond donors (Lipinski definition) is 2. The van der Waals surface area contributed by atoms with Crippen molar-refractivity contribution in [1.29, 1.82) is 0 Å². The third-order valence-corrected chi connectivity index (χ3v) is 32.1. The predicted octanol–water partition coefficient (Wildman–Crippen LogP) is 13.6. The zero-order valence-electron chi connectivity index (χ0n) is 35.9. The number of amides is 2. The monoisotopic (exact) mass is 893 g/mol. The standard InChI is InChI=1S/2C22H25.C6H11BN2O2.2ClH.Zr/c2*1-4-8-18-9-5-6-11-20(18)21-12-7-10-19-14-17(13-16(2)3)15-22(19)21;1-3-5(10)8-7-9-6(11)4-2;;;/h2*5-7,9-12,14-16H,4,8,13H2,1-3H3;3-4H2,1-2H3,(H-,8,9,10,11);2*1H;/q;;;;;+1/p-1. The molecule has 0 aliphatic heterocycles. The van der Waals surface area contributed by atoms with Gasteiger partial charge < -0.3 is 0 Å². The Morgan fingerprint density at radius 1 is 0.586 bits per heavy atom. The Bertz CT molecular complexity index is 2080. The van der Waals surface area contributed by atoms with Crippen molar-refractivity contribution in [2.24, 2.45) is 11.8 Å². The quantitative estimate of drug-likeness (QED) is 0.104. The molecule has 0 bridgehead atoms. The van der Waals surface area contributed by atoms with E-state index in [-0.39, 0.29) is 24.7 Å². The Morgan fingerprint density at radius 2 is 0.966 bits per heavy atom. The van der Waals surface area contributed by atoms with Gasteiger partial charge in [-0.2, -0.15) is 0 Å². The zero-order valence-corrected chi connectivity index (χ0v) is 39.8. The van der Waals surface area contributed by atoms with E-state index in [0.717, 1.165) is 60.8 Å². The Balaban J connectivity index is 1.72. The van der Waals surface area contributed by atoms with Crippen LogP contribution in [0.5, 0.6) is 0 Å². The van der Waals surface area contributed by atoms with Gasteiger partial charge in [-0.25, -0.2) is 0 Å². The van der Waals surface area contributed by atoms with E-state index in [0.29, 0.717) is 11.8 Å². The van der Waals surface area contributed by atoms with Crippen LogP contribution < -0.4 is 10.5 Å². The van der Waals surface area contributed by atoms with E-state index in [9.17, 15) is 9.59 Å². The van der Waals surface area contributed by atoms with Crippen molar-refractivity contribution in [3.63, 3.8) is 0 Å². The molecule has 0 aromatic heterocycles. The van der Waals surface area contributed by atoms with Gasteiger partial charge >= 0.3 is 359 Å². The minimum atomic E-state index is -6.06. The summed E-state index contributed by atoms with van der Waals surface area (Å²) in [5.74, 6) is 0.243. The summed E-state index contributed by atoms with van der Waals surface area (Å²) >= 11 is -6.06. The minimum absolute atomic E-state index is 0.187. The molecule has 2 aliphatic carbocycles. The van der Waals surface area contributed by atoms with Crippen LogP contribution in [-0.4, -0.2) is 16.3 Å². The van der Waals surface area contributed by atoms with Crippen LogP contribution in [-0.2, 0) is 38.6 Å². The summed E-state index contributed by atoms with van der Waals surface area (Å²) in [6, 6.07) is 30.6. The fourth-order valence-electron chi connectivity index (χ4n) is 9.88.